The lowest BCUT2D eigenvalue weighted by Crippen LogP contribution is -2.43. The fourth-order valence-electron chi connectivity index (χ4n) is 3.90. The molecule has 1 aliphatic carbocycles. The molecule has 4 rings (SSSR count). The molecule has 1 saturated heterocycles. The summed E-state index contributed by atoms with van der Waals surface area (Å²) in [4.78, 5) is 19.5. The van der Waals surface area contributed by atoms with Gasteiger partial charge in [0.15, 0.2) is 0 Å². The first-order valence-electron chi connectivity index (χ1n) is 9.35. The topological polar surface area (TPSA) is 41.6 Å². The first-order chi connectivity index (χ1) is 12.8. The van der Waals surface area contributed by atoms with Crippen LogP contribution < -0.4 is 10.4 Å². The predicted molar refractivity (Wildman–Crippen MR) is 104 cm³/mol. The molecule has 0 spiro atoms. The van der Waals surface area contributed by atoms with Crippen molar-refractivity contribution in [3.05, 3.63) is 72.8 Å². The molecule has 3 atom stereocenters. The van der Waals surface area contributed by atoms with Crippen molar-refractivity contribution in [1.29, 1.82) is 0 Å². The molecule has 1 N–H and O–H groups in total. The zero-order valence-corrected chi connectivity index (χ0v) is 14.8. The SMILES string of the molecule is O=C(Nc1ccccc1)C1C2CC/C=C\CCC2ON1c1ccccc1. The zero-order valence-electron chi connectivity index (χ0n) is 14.8. The lowest BCUT2D eigenvalue weighted by atomic mass is 9.85. The van der Waals surface area contributed by atoms with E-state index in [1.807, 2.05) is 65.7 Å². The van der Waals surface area contributed by atoms with E-state index >= 15 is 0 Å². The summed E-state index contributed by atoms with van der Waals surface area (Å²) >= 11 is 0. The van der Waals surface area contributed by atoms with E-state index in [2.05, 4.69) is 17.5 Å². The number of hydrogen-bond donors (Lipinski definition) is 1. The van der Waals surface area contributed by atoms with Gasteiger partial charge in [0.05, 0.1) is 11.8 Å². The molecule has 134 valence electrons. The molecule has 0 bridgehead atoms. The molecule has 0 aromatic heterocycles. The van der Waals surface area contributed by atoms with Gasteiger partial charge in [0, 0.05) is 11.6 Å². The van der Waals surface area contributed by atoms with Crippen molar-refractivity contribution in [3.63, 3.8) is 0 Å². The third-order valence-electron chi connectivity index (χ3n) is 5.16. The maximum absolute atomic E-state index is 13.2. The van der Waals surface area contributed by atoms with E-state index in [0.29, 0.717) is 0 Å². The third kappa shape index (κ3) is 3.51. The molecule has 4 heteroatoms. The number of anilines is 2. The Morgan fingerprint density at radius 2 is 1.58 bits per heavy atom. The molecule has 2 aromatic carbocycles. The van der Waals surface area contributed by atoms with Crippen LogP contribution in [0.1, 0.15) is 25.7 Å². The summed E-state index contributed by atoms with van der Waals surface area (Å²) < 4.78 is 0. The highest BCUT2D eigenvalue weighted by molar-refractivity contribution is 5.97. The van der Waals surface area contributed by atoms with Gasteiger partial charge in [-0.3, -0.25) is 9.63 Å². The second-order valence-corrected chi connectivity index (χ2v) is 6.90. The predicted octanol–water partition coefficient (Wildman–Crippen LogP) is 4.56. The van der Waals surface area contributed by atoms with Gasteiger partial charge in [0.1, 0.15) is 6.04 Å². The van der Waals surface area contributed by atoms with Crippen molar-refractivity contribution in [3.8, 4) is 0 Å². The number of carbonyl (C=O) groups is 1. The highest BCUT2D eigenvalue weighted by Crippen LogP contribution is 2.38. The van der Waals surface area contributed by atoms with E-state index in [1.54, 1.807) is 0 Å². The van der Waals surface area contributed by atoms with Gasteiger partial charge in [0.25, 0.3) is 0 Å². The van der Waals surface area contributed by atoms with E-state index in [4.69, 9.17) is 4.84 Å². The molecule has 0 saturated carbocycles. The number of hydroxylamine groups is 1. The van der Waals surface area contributed by atoms with Gasteiger partial charge in [-0.05, 0) is 49.9 Å². The molecule has 1 heterocycles. The number of nitrogens with one attached hydrogen (secondary N) is 1. The summed E-state index contributed by atoms with van der Waals surface area (Å²) in [5, 5.41) is 4.91. The van der Waals surface area contributed by atoms with E-state index in [9.17, 15) is 4.79 Å². The molecular formula is C22H24N2O2. The summed E-state index contributed by atoms with van der Waals surface area (Å²) in [5.41, 5.74) is 1.75. The first kappa shape index (κ1) is 16.9. The van der Waals surface area contributed by atoms with E-state index in [-0.39, 0.29) is 24.0 Å². The Bertz CT molecular complexity index is 760. The minimum absolute atomic E-state index is 0.00268. The average Bonchev–Trinajstić information content (AvgIpc) is 3.01. The minimum atomic E-state index is -0.325. The largest absolute Gasteiger partial charge is 0.324 e. The van der Waals surface area contributed by atoms with Crippen LogP contribution in [0, 0.1) is 5.92 Å². The lowest BCUT2D eigenvalue weighted by Gasteiger charge is -2.26. The van der Waals surface area contributed by atoms with Crippen molar-refractivity contribution in [2.75, 3.05) is 10.4 Å². The van der Waals surface area contributed by atoms with Gasteiger partial charge in [0.2, 0.25) is 5.91 Å². The quantitative estimate of drug-likeness (QED) is 0.827. The van der Waals surface area contributed by atoms with Crippen molar-refractivity contribution >= 4 is 17.3 Å². The zero-order chi connectivity index (χ0) is 17.8. The Labute approximate surface area is 154 Å². The maximum atomic E-state index is 13.2. The molecule has 4 nitrogen and oxygen atoms in total. The van der Waals surface area contributed by atoms with Gasteiger partial charge in [-0.1, -0.05) is 48.6 Å². The molecule has 1 aliphatic heterocycles. The van der Waals surface area contributed by atoms with E-state index < -0.39 is 0 Å². The number of nitrogens with zero attached hydrogens (tertiary/aromatic N) is 1. The molecule has 1 amide bonds. The summed E-state index contributed by atoms with van der Waals surface area (Å²) in [5.74, 6) is 0.181. The van der Waals surface area contributed by atoms with Gasteiger partial charge < -0.3 is 5.32 Å². The number of allylic oxidation sites excluding steroid dienone is 2. The number of fused-ring (bicyclic) bond motifs is 1. The van der Waals surface area contributed by atoms with Crippen molar-refractivity contribution in [1.82, 2.24) is 0 Å². The van der Waals surface area contributed by atoms with Crippen molar-refractivity contribution in [2.24, 2.45) is 5.92 Å². The second kappa shape index (κ2) is 7.75. The van der Waals surface area contributed by atoms with Crippen LogP contribution in [0.15, 0.2) is 72.8 Å². The Hall–Kier alpha value is -2.59. The van der Waals surface area contributed by atoms with Crippen LogP contribution in [0.5, 0.6) is 0 Å². The van der Waals surface area contributed by atoms with Crippen LogP contribution >= 0.6 is 0 Å². The highest BCUT2D eigenvalue weighted by Gasteiger charge is 2.46. The normalized spacial score (nSPS) is 26.5. The Balaban J connectivity index is 1.63. The van der Waals surface area contributed by atoms with Crippen molar-refractivity contribution in [2.45, 2.75) is 37.8 Å². The van der Waals surface area contributed by atoms with E-state index in [0.717, 1.165) is 37.1 Å². The fourth-order valence-corrected chi connectivity index (χ4v) is 3.90. The maximum Gasteiger partial charge on any atom is 0.250 e. The van der Waals surface area contributed by atoms with Crippen LogP contribution in [-0.4, -0.2) is 18.1 Å². The Morgan fingerprint density at radius 1 is 0.923 bits per heavy atom. The van der Waals surface area contributed by atoms with Crippen LogP contribution in [0.3, 0.4) is 0 Å². The number of hydrogen-bond acceptors (Lipinski definition) is 3. The minimum Gasteiger partial charge on any atom is -0.324 e. The number of carbonyl (C=O) groups excluding carboxylic acids is 1. The van der Waals surface area contributed by atoms with Crippen LogP contribution in [-0.2, 0) is 9.63 Å². The number of amides is 1. The Kier molecular flexibility index (Phi) is 5.02. The molecular weight excluding hydrogens is 324 g/mol. The highest BCUT2D eigenvalue weighted by atomic mass is 16.7. The molecule has 2 aromatic rings. The summed E-state index contributed by atoms with van der Waals surface area (Å²) in [6, 6.07) is 19.2. The monoisotopic (exact) mass is 348 g/mol. The van der Waals surface area contributed by atoms with Gasteiger partial charge >= 0.3 is 0 Å². The standard InChI is InChI=1S/C22H24N2O2/c25-22(23-17-11-5-3-6-12-17)21-19-15-9-1-2-10-16-20(19)26-24(21)18-13-7-4-8-14-18/h1-8,11-14,19-21H,9-10,15-16H2,(H,23,25)/b2-1-. The summed E-state index contributed by atoms with van der Waals surface area (Å²) in [7, 11) is 0. The number of para-hydroxylation sites is 2. The van der Waals surface area contributed by atoms with Crippen LogP contribution in [0.25, 0.3) is 0 Å². The molecule has 26 heavy (non-hydrogen) atoms. The Morgan fingerprint density at radius 3 is 2.31 bits per heavy atom. The molecule has 1 fully saturated rings. The van der Waals surface area contributed by atoms with Gasteiger partial charge in [-0.15, -0.1) is 0 Å². The molecule has 0 radical (unpaired) electrons. The second-order valence-electron chi connectivity index (χ2n) is 6.90. The fraction of sp³-hybridized carbons (Fsp3) is 0.318. The lowest BCUT2D eigenvalue weighted by molar-refractivity contribution is -0.118. The third-order valence-corrected chi connectivity index (χ3v) is 5.16. The number of rotatable bonds is 3. The average molecular weight is 348 g/mol. The summed E-state index contributed by atoms with van der Waals surface area (Å²) in [6.07, 6.45) is 8.42. The number of benzene rings is 2. The van der Waals surface area contributed by atoms with Crippen LogP contribution in [0.2, 0.25) is 0 Å². The molecule has 2 aliphatic rings. The van der Waals surface area contributed by atoms with Gasteiger partial charge in [-0.25, -0.2) is 5.06 Å². The first-order valence-corrected chi connectivity index (χ1v) is 9.35. The van der Waals surface area contributed by atoms with Crippen molar-refractivity contribution < 1.29 is 9.63 Å². The summed E-state index contributed by atoms with van der Waals surface area (Å²) in [6.45, 7) is 0. The molecule has 3 unspecified atom stereocenters. The van der Waals surface area contributed by atoms with Gasteiger partial charge in [-0.2, -0.15) is 0 Å². The van der Waals surface area contributed by atoms with E-state index in [1.165, 1.54) is 0 Å². The smallest absolute Gasteiger partial charge is 0.250 e. The van der Waals surface area contributed by atoms with Crippen LogP contribution in [0.4, 0.5) is 11.4 Å².